The minimum absolute atomic E-state index is 0.604. The Morgan fingerprint density at radius 2 is 2.17 bits per heavy atom. The Morgan fingerprint density at radius 3 is 2.75 bits per heavy atom. The molecule has 0 aromatic rings. The van der Waals surface area contributed by atoms with Crippen LogP contribution in [0.4, 0.5) is 0 Å². The highest BCUT2D eigenvalue weighted by molar-refractivity contribution is 4.83. The number of hydrogen-bond acceptors (Lipinski definition) is 2. The maximum atomic E-state index is 5.20. The molecule has 0 saturated heterocycles. The van der Waals surface area contributed by atoms with Gasteiger partial charge in [0.1, 0.15) is 0 Å². The Labute approximate surface area is 75.7 Å². The summed E-state index contributed by atoms with van der Waals surface area (Å²) in [5.41, 5.74) is 0. The second-order valence-electron chi connectivity index (χ2n) is 4.07. The topological polar surface area (TPSA) is 21.3 Å². The lowest BCUT2D eigenvalue weighted by Gasteiger charge is -2.22. The molecule has 0 spiro atoms. The molecule has 1 N–H and O–H groups in total. The highest BCUT2D eigenvalue weighted by Gasteiger charge is 2.26. The van der Waals surface area contributed by atoms with Crippen molar-refractivity contribution in [2.45, 2.75) is 45.2 Å². The van der Waals surface area contributed by atoms with Gasteiger partial charge in [0, 0.05) is 19.2 Å². The first-order valence-electron chi connectivity index (χ1n) is 4.99. The van der Waals surface area contributed by atoms with E-state index in [0.29, 0.717) is 12.1 Å². The van der Waals surface area contributed by atoms with Gasteiger partial charge in [-0.15, -0.1) is 0 Å². The molecule has 1 rings (SSSR count). The van der Waals surface area contributed by atoms with Crippen LogP contribution < -0.4 is 5.32 Å². The summed E-state index contributed by atoms with van der Waals surface area (Å²) < 4.78 is 5.20. The molecule has 0 radical (unpaired) electrons. The van der Waals surface area contributed by atoms with E-state index in [0.717, 1.165) is 12.5 Å². The monoisotopic (exact) mass is 171 g/mol. The van der Waals surface area contributed by atoms with Crippen molar-refractivity contribution < 1.29 is 4.74 Å². The Kier molecular flexibility index (Phi) is 4.02. The fourth-order valence-electron chi connectivity index (χ4n) is 2.10. The lowest BCUT2D eigenvalue weighted by Crippen LogP contribution is -2.38. The normalized spacial score (nSPS) is 30.0. The first kappa shape index (κ1) is 10.0. The van der Waals surface area contributed by atoms with Gasteiger partial charge in [0.05, 0.1) is 6.61 Å². The van der Waals surface area contributed by atoms with Crippen molar-refractivity contribution >= 4 is 0 Å². The van der Waals surface area contributed by atoms with Gasteiger partial charge in [0.15, 0.2) is 0 Å². The van der Waals surface area contributed by atoms with Crippen LogP contribution in [0.15, 0.2) is 0 Å². The third-order valence-corrected chi connectivity index (χ3v) is 2.59. The molecule has 1 aliphatic carbocycles. The lowest BCUT2D eigenvalue weighted by atomic mass is 10.0. The maximum absolute atomic E-state index is 5.20. The molecule has 0 aliphatic heterocycles. The van der Waals surface area contributed by atoms with Crippen LogP contribution in [0.25, 0.3) is 0 Å². The second kappa shape index (κ2) is 4.83. The maximum Gasteiger partial charge on any atom is 0.0505 e. The van der Waals surface area contributed by atoms with Crippen molar-refractivity contribution in [3.63, 3.8) is 0 Å². The Morgan fingerprint density at radius 1 is 1.42 bits per heavy atom. The minimum atomic E-state index is 0.604. The molecule has 0 unspecified atom stereocenters. The van der Waals surface area contributed by atoms with E-state index < -0.39 is 0 Å². The molecule has 1 aliphatic rings. The second-order valence-corrected chi connectivity index (χ2v) is 4.07. The third-order valence-electron chi connectivity index (χ3n) is 2.59. The van der Waals surface area contributed by atoms with Gasteiger partial charge < -0.3 is 10.1 Å². The van der Waals surface area contributed by atoms with Gasteiger partial charge in [0.2, 0.25) is 0 Å². The number of ether oxygens (including phenoxy) is 1. The summed E-state index contributed by atoms with van der Waals surface area (Å²) >= 11 is 0. The SMILES string of the molecule is COC[C@@H]1CCC[C@@H]1NC(C)C. The van der Waals surface area contributed by atoms with Crippen LogP contribution in [0.5, 0.6) is 0 Å². The Hall–Kier alpha value is -0.0800. The standard InChI is InChI=1S/C10H21NO/c1-8(2)11-10-6-4-5-9(10)7-12-3/h8-11H,4-7H2,1-3H3/t9-,10-/m0/s1. The number of nitrogens with one attached hydrogen (secondary N) is 1. The van der Waals surface area contributed by atoms with Gasteiger partial charge >= 0.3 is 0 Å². The van der Waals surface area contributed by atoms with Crippen LogP contribution in [-0.4, -0.2) is 25.8 Å². The lowest BCUT2D eigenvalue weighted by molar-refractivity contribution is 0.139. The molecule has 0 aromatic heterocycles. The molecular weight excluding hydrogens is 150 g/mol. The number of rotatable bonds is 4. The summed E-state index contributed by atoms with van der Waals surface area (Å²) in [6.07, 6.45) is 4.02. The van der Waals surface area contributed by atoms with Gasteiger partial charge in [-0.1, -0.05) is 20.3 Å². The first-order valence-corrected chi connectivity index (χ1v) is 4.99. The van der Waals surface area contributed by atoms with E-state index in [2.05, 4.69) is 19.2 Å². The molecule has 0 amide bonds. The summed E-state index contributed by atoms with van der Waals surface area (Å²) in [5, 5.41) is 3.60. The third kappa shape index (κ3) is 2.76. The zero-order valence-corrected chi connectivity index (χ0v) is 8.47. The summed E-state index contributed by atoms with van der Waals surface area (Å²) in [7, 11) is 1.80. The summed E-state index contributed by atoms with van der Waals surface area (Å²) in [6, 6.07) is 1.30. The van der Waals surface area contributed by atoms with Gasteiger partial charge in [-0.3, -0.25) is 0 Å². The van der Waals surface area contributed by atoms with E-state index in [1.165, 1.54) is 19.3 Å². The summed E-state index contributed by atoms with van der Waals surface area (Å²) in [4.78, 5) is 0. The molecule has 2 heteroatoms. The first-order chi connectivity index (χ1) is 5.74. The van der Waals surface area contributed by atoms with Gasteiger partial charge in [0.25, 0.3) is 0 Å². The fourth-order valence-corrected chi connectivity index (χ4v) is 2.10. The molecule has 12 heavy (non-hydrogen) atoms. The van der Waals surface area contributed by atoms with E-state index in [-0.39, 0.29) is 0 Å². The van der Waals surface area contributed by atoms with Crippen LogP contribution in [0.3, 0.4) is 0 Å². The average molecular weight is 171 g/mol. The van der Waals surface area contributed by atoms with E-state index in [4.69, 9.17) is 4.74 Å². The molecule has 1 fully saturated rings. The zero-order valence-electron chi connectivity index (χ0n) is 8.47. The highest BCUT2D eigenvalue weighted by Crippen LogP contribution is 2.25. The van der Waals surface area contributed by atoms with Crippen molar-refractivity contribution in [3.8, 4) is 0 Å². The average Bonchev–Trinajstić information content (AvgIpc) is 2.37. The van der Waals surface area contributed by atoms with Crippen molar-refractivity contribution in [1.29, 1.82) is 0 Å². The highest BCUT2D eigenvalue weighted by atomic mass is 16.5. The van der Waals surface area contributed by atoms with Crippen LogP contribution in [0.2, 0.25) is 0 Å². The van der Waals surface area contributed by atoms with Crippen LogP contribution in [0.1, 0.15) is 33.1 Å². The molecule has 1 saturated carbocycles. The van der Waals surface area contributed by atoms with Crippen molar-refractivity contribution in [1.82, 2.24) is 5.32 Å². The smallest absolute Gasteiger partial charge is 0.0505 e. The summed E-state index contributed by atoms with van der Waals surface area (Å²) in [5.74, 6) is 0.748. The number of methoxy groups -OCH3 is 1. The molecule has 72 valence electrons. The summed E-state index contributed by atoms with van der Waals surface area (Å²) in [6.45, 7) is 5.34. The quantitative estimate of drug-likeness (QED) is 0.696. The minimum Gasteiger partial charge on any atom is -0.384 e. The van der Waals surface area contributed by atoms with Gasteiger partial charge in [-0.25, -0.2) is 0 Å². The van der Waals surface area contributed by atoms with Crippen LogP contribution >= 0.6 is 0 Å². The van der Waals surface area contributed by atoms with Crippen molar-refractivity contribution in [3.05, 3.63) is 0 Å². The number of hydrogen-bond donors (Lipinski definition) is 1. The van der Waals surface area contributed by atoms with E-state index in [1.807, 2.05) is 0 Å². The molecule has 2 atom stereocenters. The van der Waals surface area contributed by atoms with E-state index in [9.17, 15) is 0 Å². The molecule has 0 heterocycles. The van der Waals surface area contributed by atoms with E-state index in [1.54, 1.807) is 7.11 Å². The van der Waals surface area contributed by atoms with Crippen LogP contribution in [-0.2, 0) is 4.74 Å². The molecule has 0 aromatic carbocycles. The van der Waals surface area contributed by atoms with Crippen molar-refractivity contribution in [2.24, 2.45) is 5.92 Å². The van der Waals surface area contributed by atoms with Gasteiger partial charge in [-0.05, 0) is 18.8 Å². The molecular formula is C10H21NO. The van der Waals surface area contributed by atoms with Crippen molar-refractivity contribution in [2.75, 3.05) is 13.7 Å². The Bertz CT molecular complexity index is 125. The molecule has 0 bridgehead atoms. The van der Waals surface area contributed by atoms with E-state index >= 15 is 0 Å². The Balaban J connectivity index is 2.30. The van der Waals surface area contributed by atoms with Gasteiger partial charge in [-0.2, -0.15) is 0 Å². The fraction of sp³-hybridized carbons (Fsp3) is 1.00. The largest absolute Gasteiger partial charge is 0.384 e. The molecule has 2 nitrogen and oxygen atoms in total. The predicted molar refractivity (Wildman–Crippen MR) is 51.3 cm³/mol. The zero-order chi connectivity index (χ0) is 8.97. The van der Waals surface area contributed by atoms with Crippen LogP contribution in [0, 0.1) is 5.92 Å². The predicted octanol–water partition coefficient (Wildman–Crippen LogP) is 1.80.